The third kappa shape index (κ3) is 4.32. The summed E-state index contributed by atoms with van der Waals surface area (Å²) in [7, 11) is 0. The highest BCUT2D eigenvalue weighted by molar-refractivity contribution is 8.00. The molecule has 8 nitrogen and oxygen atoms in total. The molecule has 0 radical (unpaired) electrons. The monoisotopic (exact) mass is 435 g/mol. The number of esters is 1. The minimum Gasteiger partial charge on any atom is -0.457 e. The molecule has 0 atom stereocenters. The maximum absolute atomic E-state index is 12.7. The first-order chi connectivity index (χ1) is 15.2. The van der Waals surface area contributed by atoms with Crippen LogP contribution in [-0.2, 0) is 22.6 Å². The van der Waals surface area contributed by atoms with Gasteiger partial charge in [-0.25, -0.2) is 9.48 Å². The van der Waals surface area contributed by atoms with E-state index in [9.17, 15) is 9.59 Å². The van der Waals surface area contributed by atoms with E-state index in [-0.39, 0.29) is 11.9 Å². The number of hydrogen-bond acceptors (Lipinski definition) is 7. The first kappa shape index (κ1) is 19.7. The molecule has 1 aromatic heterocycles. The number of thioether (sulfide) groups is 1. The van der Waals surface area contributed by atoms with Crippen LogP contribution in [0.1, 0.15) is 34.3 Å². The Bertz CT molecular complexity index is 1090. The minimum atomic E-state index is -0.233. The second-order valence-corrected chi connectivity index (χ2v) is 9.06. The van der Waals surface area contributed by atoms with Crippen molar-refractivity contribution in [3.05, 3.63) is 65.5 Å². The number of tetrazole rings is 1. The molecule has 0 N–H and O–H groups in total. The summed E-state index contributed by atoms with van der Waals surface area (Å²) in [4.78, 5) is 27.5. The van der Waals surface area contributed by atoms with E-state index in [0.717, 1.165) is 47.6 Å². The molecule has 5 rings (SSSR count). The lowest BCUT2D eigenvalue weighted by Crippen LogP contribution is -2.40. The van der Waals surface area contributed by atoms with Crippen LogP contribution in [0.5, 0.6) is 0 Å². The summed E-state index contributed by atoms with van der Waals surface area (Å²) in [6.07, 6.45) is 3.85. The summed E-state index contributed by atoms with van der Waals surface area (Å²) >= 11 is 1.83. The Morgan fingerprint density at radius 1 is 1.13 bits per heavy atom. The van der Waals surface area contributed by atoms with Gasteiger partial charge in [0.1, 0.15) is 12.9 Å². The molecule has 3 heterocycles. The average molecular weight is 436 g/mol. The summed E-state index contributed by atoms with van der Waals surface area (Å²) in [5, 5.41) is 11.6. The Morgan fingerprint density at radius 2 is 1.94 bits per heavy atom. The number of carbonyl (C=O) groups excluding carboxylic acids is 2. The summed E-state index contributed by atoms with van der Waals surface area (Å²) in [6, 6.07) is 13.6. The van der Waals surface area contributed by atoms with Crippen LogP contribution in [0.4, 0.5) is 0 Å². The fourth-order valence-electron chi connectivity index (χ4n) is 3.93. The second-order valence-electron chi connectivity index (χ2n) is 7.69. The van der Waals surface area contributed by atoms with Crippen LogP contribution in [0.25, 0.3) is 5.69 Å². The highest BCUT2D eigenvalue weighted by Gasteiger charge is 2.25. The largest absolute Gasteiger partial charge is 0.457 e. The highest BCUT2D eigenvalue weighted by Crippen LogP contribution is 2.33. The number of piperidine rings is 1. The van der Waals surface area contributed by atoms with Crippen LogP contribution in [0.15, 0.2) is 53.7 Å². The predicted molar refractivity (Wildman–Crippen MR) is 114 cm³/mol. The number of amides is 1. The Labute approximate surface area is 183 Å². The molecule has 0 unspecified atom stereocenters. The first-order valence-corrected chi connectivity index (χ1v) is 11.1. The minimum absolute atomic E-state index is 0.159. The number of rotatable bonds is 5. The molecule has 2 aromatic carbocycles. The molecule has 9 heteroatoms. The van der Waals surface area contributed by atoms with Gasteiger partial charge in [0, 0.05) is 28.8 Å². The molecule has 0 saturated carbocycles. The standard InChI is InChI=1S/C22H21N5O3S/c28-21(11-15-1-3-17(4-2-15)27-14-23-24-25-27)26-9-7-18(8-10-26)31-19-5-6-20-16(12-19)13-30-22(20)29/h1-6,12,14,18H,7-11,13H2. The van der Waals surface area contributed by atoms with Crippen LogP contribution < -0.4 is 0 Å². The Hall–Kier alpha value is -3.20. The number of carbonyl (C=O) groups is 2. The average Bonchev–Trinajstić information content (AvgIpc) is 3.45. The van der Waals surface area contributed by atoms with Gasteiger partial charge in [0.15, 0.2) is 0 Å². The lowest BCUT2D eigenvalue weighted by molar-refractivity contribution is -0.131. The molecule has 1 saturated heterocycles. The molecule has 0 bridgehead atoms. The van der Waals surface area contributed by atoms with Gasteiger partial charge >= 0.3 is 5.97 Å². The molecular formula is C22H21N5O3S. The van der Waals surface area contributed by atoms with Crippen molar-refractivity contribution in [2.24, 2.45) is 0 Å². The number of ether oxygens (including phenoxy) is 1. The van der Waals surface area contributed by atoms with Crippen molar-refractivity contribution in [3.8, 4) is 5.69 Å². The lowest BCUT2D eigenvalue weighted by atomic mass is 10.1. The number of cyclic esters (lactones) is 1. The number of likely N-dealkylation sites (tertiary alicyclic amines) is 1. The smallest absolute Gasteiger partial charge is 0.338 e. The Balaban J connectivity index is 1.13. The zero-order valence-electron chi connectivity index (χ0n) is 16.8. The Kier molecular flexibility index (Phi) is 5.42. The summed E-state index contributed by atoms with van der Waals surface area (Å²) < 4.78 is 6.66. The van der Waals surface area contributed by atoms with Crippen LogP contribution in [0.2, 0.25) is 0 Å². The fraction of sp³-hybridized carbons (Fsp3) is 0.318. The van der Waals surface area contributed by atoms with Crippen LogP contribution in [0, 0.1) is 0 Å². The van der Waals surface area contributed by atoms with E-state index in [1.807, 2.05) is 53.1 Å². The van der Waals surface area contributed by atoms with E-state index in [4.69, 9.17) is 4.74 Å². The molecule has 1 amide bonds. The Morgan fingerprint density at radius 3 is 2.68 bits per heavy atom. The topological polar surface area (TPSA) is 90.2 Å². The zero-order chi connectivity index (χ0) is 21.2. The molecule has 3 aromatic rings. The summed E-state index contributed by atoms with van der Waals surface area (Å²) in [5.74, 6) is -0.0739. The van der Waals surface area contributed by atoms with E-state index in [1.165, 1.54) is 0 Å². The van der Waals surface area contributed by atoms with Gasteiger partial charge in [-0.2, -0.15) is 0 Å². The maximum atomic E-state index is 12.7. The van der Waals surface area contributed by atoms with Gasteiger partial charge in [0.05, 0.1) is 17.7 Å². The van der Waals surface area contributed by atoms with E-state index >= 15 is 0 Å². The van der Waals surface area contributed by atoms with E-state index in [0.29, 0.717) is 23.8 Å². The zero-order valence-corrected chi connectivity index (χ0v) is 17.6. The van der Waals surface area contributed by atoms with Crippen molar-refractivity contribution in [1.29, 1.82) is 0 Å². The van der Waals surface area contributed by atoms with Crippen molar-refractivity contribution in [1.82, 2.24) is 25.1 Å². The molecular weight excluding hydrogens is 414 g/mol. The number of hydrogen-bond donors (Lipinski definition) is 0. The molecule has 2 aliphatic rings. The number of fused-ring (bicyclic) bond motifs is 1. The van der Waals surface area contributed by atoms with Gasteiger partial charge in [0.2, 0.25) is 5.91 Å². The van der Waals surface area contributed by atoms with Crippen molar-refractivity contribution < 1.29 is 14.3 Å². The van der Waals surface area contributed by atoms with Gasteiger partial charge in [-0.3, -0.25) is 4.79 Å². The van der Waals surface area contributed by atoms with Crippen molar-refractivity contribution in [2.75, 3.05) is 13.1 Å². The number of benzene rings is 2. The van der Waals surface area contributed by atoms with E-state index < -0.39 is 0 Å². The second kappa shape index (κ2) is 8.50. The summed E-state index contributed by atoms with van der Waals surface area (Å²) in [5.41, 5.74) is 3.49. The van der Waals surface area contributed by atoms with Crippen molar-refractivity contribution >= 4 is 23.6 Å². The molecule has 1 fully saturated rings. The highest BCUT2D eigenvalue weighted by atomic mass is 32.2. The molecule has 0 aliphatic carbocycles. The predicted octanol–water partition coefficient (Wildman–Crippen LogP) is 2.66. The van der Waals surface area contributed by atoms with Crippen molar-refractivity contribution in [2.45, 2.75) is 36.0 Å². The SMILES string of the molecule is O=C1OCc2cc(SC3CCN(C(=O)Cc4ccc(-n5cnnn5)cc4)CC3)ccc21. The van der Waals surface area contributed by atoms with Crippen LogP contribution >= 0.6 is 11.8 Å². The van der Waals surface area contributed by atoms with Gasteiger partial charge in [0.25, 0.3) is 0 Å². The third-order valence-corrected chi connectivity index (χ3v) is 6.99. The van der Waals surface area contributed by atoms with Gasteiger partial charge in [-0.05, 0) is 59.2 Å². The normalized spacial score (nSPS) is 16.3. The maximum Gasteiger partial charge on any atom is 0.338 e. The molecule has 158 valence electrons. The van der Waals surface area contributed by atoms with Crippen molar-refractivity contribution in [3.63, 3.8) is 0 Å². The lowest BCUT2D eigenvalue weighted by Gasteiger charge is -2.32. The van der Waals surface area contributed by atoms with Gasteiger partial charge < -0.3 is 9.64 Å². The van der Waals surface area contributed by atoms with Gasteiger partial charge in [-0.15, -0.1) is 16.9 Å². The molecule has 2 aliphatic heterocycles. The summed E-state index contributed by atoms with van der Waals surface area (Å²) in [6.45, 7) is 1.91. The van der Waals surface area contributed by atoms with E-state index in [1.54, 1.807) is 11.0 Å². The number of aromatic nitrogens is 4. The van der Waals surface area contributed by atoms with Gasteiger partial charge in [-0.1, -0.05) is 12.1 Å². The fourth-order valence-corrected chi connectivity index (χ4v) is 5.12. The van der Waals surface area contributed by atoms with E-state index in [2.05, 4.69) is 21.6 Å². The van der Waals surface area contributed by atoms with Crippen LogP contribution in [0.3, 0.4) is 0 Å². The first-order valence-electron chi connectivity index (χ1n) is 10.2. The number of nitrogens with zero attached hydrogens (tertiary/aromatic N) is 5. The molecule has 31 heavy (non-hydrogen) atoms. The molecule has 0 spiro atoms. The quantitative estimate of drug-likeness (QED) is 0.569. The van der Waals surface area contributed by atoms with Crippen LogP contribution in [-0.4, -0.2) is 55.3 Å². The third-order valence-electron chi connectivity index (χ3n) is 5.66.